The Hall–Kier alpha value is -3.67. The van der Waals surface area contributed by atoms with Crippen LogP contribution >= 0.6 is 11.3 Å². The molecule has 3 aromatic heterocycles. The van der Waals surface area contributed by atoms with E-state index in [9.17, 15) is 14.0 Å². The lowest BCUT2D eigenvalue weighted by Gasteiger charge is -2.23. The Morgan fingerprint density at radius 3 is 2.76 bits per heavy atom. The maximum absolute atomic E-state index is 13.1. The minimum absolute atomic E-state index is 0.137. The van der Waals surface area contributed by atoms with Gasteiger partial charge in [-0.3, -0.25) is 14.2 Å². The number of anilines is 1. The highest BCUT2D eigenvalue weighted by Gasteiger charge is 2.33. The molecule has 0 spiro atoms. The highest BCUT2D eigenvalue weighted by molar-refractivity contribution is 7.21. The van der Waals surface area contributed by atoms with Crippen LogP contribution in [0.3, 0.4) is 0 Å². The number of carbonyl (C=O) groups is 1. The second-order valence-corrected chi connectivity index (χ2v) is 8.93. The van der Waals surface area contributed by atoms with Gasteiger partial charge in [0.05, 0.1) is 0 Å². The molecule has 5 rings (SSSR count). The average molecular weight is 484 g/mol. The van der Waals surface area contributed by atoms with E-state index in [1.807, 2.05) is 11.8 Å². The molecule has 4 aromatic rings. The smallest absolute Gasteiger partial charge is 0.294 e. The molecular formula is C22H22FN7O3S. The molecule has 1 aliphatic heterocycles. The number of thiazole rings is 1. The van der Waals surface area contributed by atoms with Crippen molar-refractivity contribution < 1.29 is 13.7 Å². The number of nitrogens with one attached hydrogen (secondary N) is 1. The molecule has 176 valence electrons. The number of aryl methyl sites for hydroxylation is 1. The van der Waals surface area contributed by atoms with Crippen molar-refractivity contribution in [2.24, 2.45) is 0 Å². The van der Waals surface area contributed by atoms with Crippen LogP contribution in [0.4, 0.5) is 9.52 Å². The number of carbonyl (C=O) groups excluding carboxylic acids is 1. The molecule has 1 fully saturated rings. The van der Waals surface area contributed by atoms with Crippen molar-refractivity contribution in [1.29, 1.82) is 0 Å². The molecule has 0 bridgehead atoms. The van der Waals surface area contributed by atoms with Gasteiger partial charge in [-0.05, 0) is 44.4 Å². The van der Waals surface area contributed by atoms with Crippen LogP contribution in [0, 0.1) is 12.7 Å². The zero-order chi connectivity index (χ0) is 23.8. The summed E-state index contributed by atoms with van der Waals surface area (Å²) in [6.45, 7) is 4.84. The van der Waals surface area contributed by atoms with Crippen molar-refractivity contribution in [2.45, 2.75) is 45.8 Å². The molecule has 0 radical (unpaired) electrons. The topological polar surface area (TPSA) is 119 Å². The molecule has 0 aliphatic carbocycles. The number of hydrogen-bond donors (Lipinski definition) is 1. The predicted molar refractivity (Wildman–Crippen MR) is 124 cm³/mol. The Morgan fingerprint density at radius 2 is 2.06 bits per heavy atom. The number of fused-ring (bicyclic) bond motifs is 1. The SMILES string of the molecule is CCn1c(-c2nc(C)no2)nc2sc(N3CCCC3C(=O)NCc3ccc(F)cc3)nc2c1=O. The van der Waals surface area contributed by atoms with Crippen molar-refractivity contribution in [3.05, 3.63) is 51.8 Å². The van der Waals surface area contributed by atoms with Crippen molar-refractivity contribution in [2.75, 3.05) is 11.4 Å². The molecule has 1 N–H and O–H groups in total. The molecular weight excluding hydrogens is 461 g/mol. The monoisotopic (exact) mass is 483 g/mol. The first-order valence-corrected chi connectivity index (χ1v) is 11.8. The van der Waals surface area contributed by atoms with Crippen molar-refractivity contribution >= 4 is 32.7 Å². The molecule has 10 nitrogen and oxygen atoms in total. The molecule has 1 unspecified atom stereocenters. The van der Waals surface area contributed by atoms with E-state index in [0.717, 1.165) is 12.0 Å². The molecule has 34 heavy (non-hydrogen) atoms. The van der Waals surface area contributed by atoms with Gasteiger partial charge < -0.3 is 14.7 Å². The van der Waals surface area contributed by atoms with Gasteiger partial charge in [0.2, 0.25) is 11.7 Å². The summed E-state index contributed by atoms with van der Waals surface area (Å²) < 4.78 is 19.8. The average Bonchev–Trinajstić information content (AvgIpc) is 3.57. The summed E-state index contributed by atoms with van der Waals surface area (Å²) in [5.74, 6) is 0.463. The van der Waals surface area contributed by atoms with Crippen LogP contribution in [0.15, 0.2) is 33.6 Å². The first kappa shape index (κ1) is 22.1. The number of halogens is 1. The minimum atomic E-state index is -0.410. The van der Waals surface area contributed by atoms with Crippen LogP contribution in [0.2, 0.25) is 0 Å². The van der Waals surface area contributed by atoms with Crippen LogP contribution in [0.5, 0.6) is 0 Å². The molecule has 4 heterocycles. The fourth-order valence-corrected chi connectivity index (χ4v) is 5.05. The lowest BCUT2D eigenvalue weighted by atomic mass is 10.2. The van der Waals surface area contributed by atoms with E-state index >= 15 is 0 Å². The van der Waals surface area contributed by atoms with Gasteiger partial charge in [0.25, 0.3) is 11.4 Å². The Labute approximate surface area is 197 Å². The number of amides is 1. The van der Waals surface area contributed by atoms with Gasteiger partial charge in [0, 0.05) is 19.6 Å². The molecule has 1 amide bonds. The van der Waals surface area contributed by atoms with E-state index in [-0.39, 0.29) is 28.7 Å². The molecule has 0 saturated carbocycles. The van der Waals surface area contributed by atoms with E-state index in [0.29, 0.717) is 47.7 Å². The minimum Gasteiger partial charge on any atom is -0.350 e. The fourth-order valence-electron chi connectivity index (χ4n) is 4.04. The zero-order valence-corrected chi connectivity index (χ0v) is 19.4. The lowest BCUT2D eigenvalue weighted by Crippen LogP contribution is -2.43. The van der Waals surface area contributed by atoms with E-state index in [2.05, 4.69) is 25.4 Å². The molecule has 1 aromatic carbocycles. The number of nitrogens with zero attached hydrogens (tertiary/aromatic N) is 6. The van der Waals surface area contributed by atoms with Gasteiger partial charge in [-0.1, -0.05) is 28.6 Å². The maximum Gasteiger partial charge on any atom is 0.294 e. The lowest BCUT2D eigenvalue weighted by molar-refractivity contribution is -0.122. The molecule has 1 aliphatic rings. The molecule has 1 atom stereocenters. The number of aromatic nitrogens is 5. The Bertz CT molecular complexity index is 1410. The van der Waals surface area contributed by atoms with Gasteiger partial charge in [-0.25, -0.2) is 14.4 Å². The summed E-state index contributed by atoms with van der Waals surface area (Å²) in [5, 5.41) is 7.29. The summed E-state index contributed by atoms with van der Waals surface area (Å²) in [4.78, 5) is 41.8. The van der Waals surface area contributed by atoms with Crippen molar-refractivity contribution in [1.82, 2.24) is 30.0 Å². The van der Waals surface area contributed by atoms with E-state index in [1.54, 1.807) is 19.1 Å². The van der Waals surface area contributed by atoms with Gasteiger partial charge in [0.1, 0.15) is 11.9 Å². The van der Waals surface area contributed by atoms with Crippen LogP contribution in [-0.4, -0.2) is 43.2 Å². The number of hydrogen-bond acceptors (Lipinski definition) is 9. The van der Waals surface area contributed by atoms with Crippen LogP contribution in [0.1, 0.15) is 31.2 Å². The summed E-state index contributed by atoms with van der Waals surface area (Å²) in [5.41, 5.74) is 0.768. The van der Waals surface area contributed by atoms with Gasteiger partial charge >= 0.3 is 0 Å². The van der Waals surface area contributed by atoms with Crippen LogP contribution in [-0.2, 0) is 17.9 Å². The number of rotatable bonds is 6. The molecule has 12 heteroatoms. The third kappa shape index (κ3) is 4.04. The second-order valence-electron chi connectivity index (χ2n) is 7.98. The highest BCUT2D eigenvalue weighted by Crippen LogP contribution is 2.32. The Morgan fingerprint density at radius 1 is 1.26 bits per heavy atom. The van der Waals surface area contributed by atoms with Crippen molar-refractivity contribution in [3.8, 4) is 11.7 Å². The standard InChI is InChI=1S/C22H22FN7O3S/c1-3-29-17(19-25-12(2)28-33-19)27-20-16(21(29)32)26-22(34-20)30-10-4-5-15(30)18(31)24-11-13-6-8-14(23)9-7-13/h6-9,15H,3-5,10-11H2,1-2H3,(H,24,31). The third-order valence-corrected chi connectivity index (χ3v) is 6.71. The van der Waals surface area contributed by atoms with E-state index < -0.39 is 6.04 Å². The fraction of sp³-hybridized carbons (Fsp3) is 0.364. The summed E-state index contributed by atoms with van der Waals surface area (Å²) in [6, 6.07) is 5.60. The Balaban J connectivity index is 1.42. The second kappa shape index (κ2) is 8.93. The molecule has 1 saturated heterocycles. The van der Waals surface area contributed by atoms with Crippen LogP contribution < -0.4 is 15.8 Å². The Kier molecular flexibility index (Phi) is 5.82. The first-order valence-electron chi connectivity index (χ1n) is 11.0. The normalized spacial score (nSPS) is 15.9. The van der Waals surface area contributed by atoms with E-state index in [1.165, 1.54) is 28.0 Å². The summed E-state index contributed by atoms with van der Waals surface area (Å²) in [7, 11) is 0. The van der Waals surface area contributed by atoms with Gasteiger partial charge in [-0.2, -0.15) is 4.98 Å². The third-order valence-electron chi connectivity index (χ3n) is 5.73. The number of benzene rings is 1. The predicted octanol–water partition coefficient (Wildman–Crippen LogP) is 2.66. The first-order chi connectivity index (χ1) is 16.4. The quantitative estimate of drug-likeness (QED) is 0.445. The zero-order valence-electron chi connectivity index (χ0n) is 18.6. The largest absolute Gasteiger partial charge is 0.350 e. The summed E-state index contributed by atoms with van der Waals surface area (Å²) >= 11 is 1.26. The van der Waals surface area contributed by atoms with E-state index in [4.69, 9.17) is 4.52 Å². The van der Waals surface area contributed by atoms with Crippen molar-refractivity contribution in [3.63, 3.8) is 0 Å². The highest BCUT2D eigenvalue weighted by atomic mass is 32.1. The van der Waals surface area contributed by atoms with Gasteiger partial charge in [0.15, 0.2) is 21.3 Å². The van der Waals surface area contributed by atoms with Crippen LogP contribution in [0.25, 0.3) is 22.1 Å². The summed E-state index contributed by atoms with van der Waals surface area (Å²) in [6.07, 6.45) is 1.49. The maximum atomic E-state index is 13.1. The van der Waals surface area contributed by atoms with Gasteiger partial charge in [-0.15, -0.1) is 0 Å².